The van der Waals surface area contributed by atoms with Crippen LogP contribution in [-0.4, -0.2) is 41.0 Å². The molecule has 1 aliphatic carbocycles. The van der Waals surface area contributed by atoms with E-state index >= 15 is 0 Å². The van der Waals surface area contributed by atoms with Gasteiger partial charge in [-0.2, -0.15) is 0 Å². The van der Waals surface area contributed by atoms with Crippen LogP contribution in [0.4, 0.5) is 4.79 Å². The highest BCUT2D eigenvalue weighted by molar-refractivity contribution is 6.04. The summed E-state index contributed by atoms with van der Waals surface area (Å²) in [7, 11) is 1.71. The monoisotopic (exact) mass is 320 g/mol. The number of rotatable bonds is 5. The minimum Gasteiger partial charge on any atom is -0.361 e. The van der Waals surface area contributed by atoms with Crippen molar-refractivity contribution in [2.45, 2.75) is 51.1 Å². The van der Waals surface area contributed by atoms with Gasteiger partial charge in [0.15, 0.2) is 0 Å². The van der Waals surface area contributed by atoms with Crippen LogP contribution in [0.1, 0.15) is 42.7 Å². The first-order valence-electron chi connectivity index (χ1n) is 7.86. The van der Waals surface area contributed by atoms with E-state index in [1.807, 2.05) is 0 Å². The zero-order valence-corrected chi connectivity index (χ0v) is 13.1. The maximum absolute atomic E-state index is 12.2. The molecule has 0 saturated carbocycles. The van der Waals surface area contributed by atoms with E-state index in [2.05, 4.69) is 15.8 Å². The Morgan fingerprint density at radius 1 is 1.35 bits per heavy atom. The molecule has 1 fully saturated rings. The molecule has 1 saturated heterocycles. The number of urea groups is 1. The van der Waals surface area contributed by atoms with Gasteiger partial charge in [0.1, 0.15) is 17.5 Å². The second-order valence-electron chi connectivity index (χ2n) is 6.04. The van der Waals surface area contributed by atoms with Crippen LogP contribution in [0.15, 0.2) is 4.52 Å². The number of carbonyl (C=O) groups excluding carboxylic acids is 3. The molecule has 23 heavy (non-hydrogen) atoms. The average molecular weight is 320 g/mol. The predicted molar refractivity (Wildman–Crippen MR) is 79.3 cm³/mol. The molecule has 3 rings (SSSR count). The van der Waals surface area contributed by atoms with Gasteiger partial charge in [-0.1, -0.05) is 5.16 Å². The Bertz CT molecular complexity index is 639. The second-order valence-corrected chi connectivity index (χ2v) is 6.04. The van der Waals surface area contributed by atoms with Gasteiger partial charge in [0.2, 0.25) is 5.91 Å². The van der Waals surface area contributed by atoms with Crippen LogP contribution in [0, 0.1) is 0 Å². The summed E-state index contributed by atoms with van der Waals surface area (Å²) in [6.07, 6.45) is 4.58. The normalized spacial score (nSPS) is 20.0. The maximum Gasteiger partial charge on any atom is 0.322 e. The molecule has 0 aromatic carbocycles. The van der Waals surface area contributed by atoms with E-state index in [1.165, 1.54) is 0 Å². The summed E-state index contributed by atoms with van der Waals surface area (Å²) in [5.41, 5.74) is 1.96. The first kappa shape index (κ1) is 15.5. The van der Waals surface area contributed by atoms with Gasteiger partial charge < -0.3 is 14.7 Å². The van der Waals surface area contributed by atoms with Gasteiger partial charge in [-0.3, -0.25) is 14.9 Å². The highest BCUT2D eigenvalue weighted by atomic mass is 16.5. The fourth-order valence-corrected chi connectivity index (χ4v) is 3.01. The summed E-state index contributed by atoms with van der Waals surface area (Å²) in [5, 5.41) is 8.73. The summed E-state index contributed by atoms with van der Waals surface area (Å²) in [6, 6.07) is -1.13. The lowest BCUT2D eigenvalue weighted by atomic mass is 9.96. The molecule has 1 aliphatic heterocycles. The SMILES string of the molecule is CN(Cc1noc2c1CCCC2)C(=O)CC[C@H]1NC(=O)NC1=O. The van der Waals surface area contributed by atoms with Gasteiger partial charge >= 0.3 is 6.03 Å². The fraction of sp³-hybridized carbons (Fsp3) is 0.600. The number of fused-ring (bicyclic) bond motifs is 1. The number of aryl methyl sites for hydroxylation is 1. The lowest BCUT2D eigenvalue weighted by molar-refractivity contribution is -0.130. The van der Waals surface area contributed by atoms with Gasteiger partial charge in [0.25, 0.3) is 5.91 Å². The first-order valence-corrected chi connectivity index (χ1v) is 7.86. The molecule has 0 spiro atoms. The summed E-state index contributed by atoms with van der Waals surface area (Å²) < 4.78 is 5.35. The molecule has 1 aromatic rings. The van der Waals surface area contributed by atoms with Crippen molar-refractivity contribution in [1.29, 1.82) is 0 Å². The number of imide groups is 1. The van der Waals surface area contributed by atoms with Crippen molar-refractivity contribution in [1.82, 2.24) is 20.7 Å². The van der Waals surface area contributed by atoms with Crippen LogP contribution in [0.25, 0.3) is 0 Å². The van der Waals surface area contributed by atoms with Gasteiger partial charge in [-0.15, -0.1) is 0 Å². The van der Waals surface area contributed by atoms with Gasteiger partial charge in [-0.25, -0.2) is 4.79 Å². The second kappa shape index (κ2) is 6.39. The minimum atomic E-state index is -0.625. The largest absolute Gasteiger partial charge is 0.361 e. The Kier molecular flexibility index (Phi) is 4.31. The number of nitrogens with zero attached hydrogens (tertiary/aromatic N) is 2. The Labute approximate surface area is 133 Å². The average Bonchev–Trinajstić information content (AvgIpc) is 3.08. The smallest absolute Gasteiger partial charge is 0.322 e. The molecule has 0 unspecified atom stereocenters. The molecule has 4 amide bonds. The van der Waals surface area contributed by atoms with Gasteiger partial charge in [0.05, 0.1) is 6.54 Å². The molecule has 2 heterocycles. The lowest BCUT2D eigenvalue weighted by Gasteiger charge is -2.18. The highest BCUT2D eigenvalue weighted by Gasteiger charge is 2.30. The predicted octanol–water partition coefficient (Wildman–Crippen LogP) is 0.500. The summed E-state index contributed by atoms with van der Waals surface area (Å²) >= 11 is 0. The molecule has 2 aliphatic rings. The molecule has 1 aromatic heterocycles. The van der Waals surface area contributed by atoms with Crippen molar-refractivity contribution in [2.75, 3.05) is 7.05 Å². The number of carbonyl (C=O) groups is 3. The third-order valence-corrected chi connectivity index (χ3v) is 4.35. The topological polar surface area (TPSA) is 105 Å². The van der Waals surface area contributed by atoms with E-state index in [0.717, 1.165) is 42.7 Å². The molecule has 0 bridgehead atoms. The molecule has 2 N–H and O–H groups in total. The van der Waals surface area contributed by atoms with E-state index in [-0.39, 0.29) is 24.7 Å². The lowest BCUT2D eigenvalue weighted by Crippen LogP contribution is -2.32. The Balaban J connectivity index is 1.53. The number of hydrogen-bond donors (Lipinski definition) is 2. The maximum atomic E-state index is 12.2. The Hall–Kier alpha value is -2.38. The molecule has 0 radical (unpaired) electrons. The van der Waals surface area contributed by atoms with Gasteiger partial charge in [-0.05, 0) is 25.7 Å². The quantitative estimate of drug-likeness (QED) is 0.769. The molecule has 1 atom stereocenters. The number of amides is 4. The molecule has 124 valence electrons. The summed E-state index contributed by atoms with van der Waals surface area (Å²) in [4.78, 5) is 36.3. The van der Waals surface area contributed by atoms with Crippen molar-refractivity contribution in [3.05, 3.63) is 17.0 Å². The number of nitrogens with one attached hydrogen (secondary N) is 2. The minimum absolute atomic E-state index is 0.0912. The van der Waals surface area contributed by atoms with E-state index in [4.69, 9.17) is 4.52 Å². The molecular weight excluding hydrogens is 300 g/mol. The van der Waals surface area contributed by atoms with Crippen molar-refractivity contribution in [3.63, 3.8) is 0 Å². The van der Waals surface area contributed by atoms with Crippen LogP contribution >= 0.6 is 0 Å². The Morgan fingerprint density at radius 3 is 2.87 bits per heavy atom. The molecule has 8 heteroatoms. The first-order chi connectivity index (χ1) is 11.0. The van der Waals surface area contributed by atoms with Crippen LogP contribution in [0.2, 0.25) is 0 Å². The van der Waals surface area contributed by atoms with E-state index in [1.54, 1.807) is 11.9 Å². The van der Waals surface area contributed by atoms with Crippen molar-refractivity contribution < 1.29 is 18.9 Å². The van der Waals surface area contributed by atoms with Crippen LogP contribution in [0.5, 0.6) is 0 Å². The van der Waals surface area contributed by atoms with E-state index in [9.17, 15) is 14.4 Å². The summed E-state index contributed by atoms with van der Waals surface area (Å²) in [6.45, 7) is 0.404. The third-order valence-electron chi connectivity index (χ3n) is 4.35. The molecule has 8 nitrogen and oxygen atoms in total. The van der Waals surface area contributed by atoms with Crippen LogP contribution in [0.3, 0.4) is 0 Å². The third kappa shape index (κ3) is 3.35. The fourth-order valence-electron chi connectivity index (χ4n) is 3.01. The van der Waals surface area contributed by atoms with Crippen molar-refractivity contribution in [3.8, 4) is 0 Å². The zero-order chi connectivity index (χ0) is 16.4. The standard InChI is InChI=1S/C15H20N4O4/c1-19(8-11-9-4-2-3-5-12(9)23-18-11)13(20)7-6-10-14(21)17-15(22)16-10/h10H,2-8H2,1H3,(H2,16,17,21,22)/t10-/m1/s1. The van der Waals surface area contributed by atoms with Crippen LogP contribution in [-0.2, 0) is 29.0 Å². The van der Waals surface area contributed by atoms with Crippen molar-refractivity contribution >= 4 is 17.8 Å². The number of aromatic nitrogens is 1. The highest BCUT2D eigenvalue weighted by Crippen LogP contribution is 2.25. The summed E-state index contributed by atoms with van der Waals surface area (Å²) in [5.74, 6) is 0.472. The van der Waals surface area contributed by atoms with Gasteiger partial charge in [0, 0.05) is 25.5 Å². The van der Waals surface area contributed by atoms with E-state index in [0.29, 0.717) is 6.54 Å². The van der Waals surface area contributed by atoms with Crippen molar-refractivity contribution in [2.24, 2.45) is 0 Å². The number of hydrogen-bond acceptors (Lipinski definition) is 5. The van der Waals surface area contributed by atoms with Crippen LogP contribution < -0.4 is 10.6 Å². The Morgan fingerprint density at radius 2 is 2.13 bits per heavy atom. The zero-order valence-electron chi connectivity index (χ0n) is 13.1. The molecular formula is C15H20N4O4. The van der Waals surface area contributed by atoms with E-state index < -0.39 is 12.1 Å².